The quantitative estimate of drug-likeness (QED) is 0.0387. The van der Waals surface area contributed by atoms with Crippen LogP contribution in [-0.2, 0) is 9.05 Å². The van der Waals surface area contributed by atoms with E-state index in [0.29, 0.717) is 53.6 Å². The Morgan fingerprint density at radius 2 is 1.54 bits per heavy atom. The monoisotopic (exact) mass is 956 g/mol. The molecule has 0 saturated carbocycles. The number of nitrogens with zero attached hydrogens (tertiary/aromatic N) is 4. The van der Waals surface area contributed by atoms with Crippen molar-refractivity contribution in [2.45, 2.75) is 99.3 Å². The summed E-state index contributed by atoms with van der Waals surface area (Å²) in [6.45, 7) is 24.1. The first-order valence-corrected chi connectivity index (χ1v) is 23.9. The Hall–Kier alpha value is -2.34. The zero-order chi connectivity index (χ0) is 45.5. The first kappa shape index (κ1) is 49.7. The fourth-order valence-corrected chi connectivity index (χ4v) is 11.0. The van der Waals surface area contributed by atoms with Crippen LogP contribution in [0.3, 0.4) is 0 Å². The van der Waals surface area contributed by atoms with Gasteiger partial charge in [0.05, 0.1) is 73.7 Å². The van der Waals surface area contributed by atoms with E-state index in [1.165, 1.54) is 16.8 Å². The van der Waals surface area contributed by atoms with E-state index in [0.717, 1.165) is 49.6 Å². The van der Waals surface area contributed by atoms with Gasteiger partial charge in [-0.15, -0.1) is 0 Å². The number of hydrogen-bond acceptors (Lipinski definition) is 9. The fraction of sp³-hybridized carbons (Fsp3) is 0.455. The summed E-state index contributed by atoms with van der Waals surface area (Å²) in [6.07, 6.45) is 4.97. The van der Waals surface area contributed by atoms with Crippen molar-refractivity contribution in [3.05, 3.63) is 95.4 Å². The molecule has 3 aromatic carbocycles. The minimum atomic E-state index is -4.69. The van der Waals surface area contributed by atoms with Crippen molar-refractivity contribution in [3.63, 3.8) is 0 Å². The van der Waals surface area contributed by atoms with Gasteiger partial charge in [-0.1, -0.05) is 46.4 Å². The second-order valence-electron chi connectivity index (χ2n) is 16.6. The molecule has 0 radical (unpaired) electrons. The van der Waals surface area contributed by atoms with Crippen molar-refractivity contribution in [2.75, 3.05) is 33.4 Å². The number of quaternary nitrogens is 1. The molecule has 17 heteroatoms. The molecule has 6 rings (SSSR count). The highest BCUT2D eigenvalue weighted by Crippen LogP contribution is 2.50. The number of fused-ring (bicyclic) bond motifs is 4. The van der Waals surface area contributed by atoms with Crippen LogP contribution in [0.25, 0.3) is 16.7 Å². The number of hydrogen-bond donors (Lipinski definition) is 1. The summed E-state index contributed by atoms with van der Waals surface area (Å²) in [7, 11) is -3.80. The normalized spacial score (nSPS) is 19.5. The van der Waals surface area contributed by atoms with Gasteiger partial charge in [0.15, 0.2) is 12.1 Å². The first-order valence-electron chi connectivity index (χ1n) is 20.0. The van der Waals surface area contributed by atoms with Gasteiger partial charge >= 0.3 is 0 Å². The van der Waals surface area contributed by atoms with Gasteiger partial charge in [-0.25, -0.2) is 9.25 Å². The van der Waals surface area contributed by atoms with E-state index in [1.807, 2.05) is 6.07 Å². The summed E-state index contributed by atoms with van der Waals surface area (Å²) >= 11 is 27.1. The molecule has 0 spiro atoms. The lowest BCUT2D eigenvalue weighted by atomic mass is 9.85. The standard InChI is InChI=1S/C44H53Cl4N4O3P.ClHO4/c1-12-52(11)29(8)18-27(6)31-20-33-39(23-37(31)52)55-38-22-36-30(19-32(38)40(33)34-21-35(45)42(47)43(48)41(34)46)28(7)24-44(9,10)50(36)15-17-54-56(53-16-13-14-49)51(25(2)3)26(4)5;2-1(3,4)5/h18-26,29H,12-13,15-17H2,1-11H3;(H,2,3,4,5)/q+2;. The van der Waals surface area contributed by atoms with Crippen LogP contribution in [-0.4, -0.2) is 66.3 Å². The van der Waals surface area contributed by atoms with E-state index in [9.17, 15) is 5.26 Å². The number of allylic oxidation sites excluding steroid dienone is 2. The van der Waals surface area contributed by atoms with Crippen LogP contribution in [0.15, 0.2) is 42.5 Å². The Bertz CT molecular complexity index is 2420. The van der Waals surface area contributed by atoms with Crippen LogP contribution >= 0.6 is 54.9 Å². The number of halogens is 5. The molecule has 0 aliphatic carbocycles. The highest BCUT2D eigenvalue weighted by atomic mass is 35.7. The van der Waals surface area contributed by atoms with Gasteiger partial charge in [0.2, 0.25) is 5.36 Å². The SMILES string of the molecule is CC[N+]1(C)c2cc3c(cc2C(C)=CC1C)C(c1cc(Cl)c(Cl)c(Cl)c1Cl)=c1cc2c(cc1O3)=[N+](CCOP(OCCC#N)N(C(C)C)C(C)C)C(C)(C)C=C2C.[O-][Cl+3]([O-])([O-])O. The smallest absolute Gasteiger partial charge is 0.259 e. The fourth-order valence-electron chi connectivity index (χ4n) is 8.51. The minimum Gasteiger partial charge on any atom is -0.456 e. The maximum Gasteiger partial charge on any atom is 0.259 e. The van der Waals surface area contributed by atoms with E-state index < -0.39 is 18.8 Å². The third-order valence-corrected chi connectivity index (χ3v) is 15.4. The number of rotatable bonds is 12. The largest absolute Gasteiger partial charge is 0.456 e. The van der Waals surface area contributed by atoms with E-state index in [2.05, 4.69) is 128 Å². The zero-order valence-corrected chi connectivity index (χ0v) is 41.0. The summed E-state index contributed by atoms with van der Waals surface area (Å²) in [5.74, 6) is 1.44. The predicted octanol–water partition coefficient (Wildman–Crippen LogP) is 7.27. The van der Waals surface area contributed by atoms with Crippen LogP contribution in [0.4, 0.5) is 5.69 Å². The molecule has 0 fully saturated rings. The van der Waals surface area contributed by atoms with Gasteiger partial charge in [-0.2, -0.15) is 19.2 Å². The first-order chi connectivity index (χ1) is 28.4. The lowest BCUT2D eigenvalue weighted by Crippen LogP contribution is -2.58. The van der Waals surface area contributed by atoms with Gasteiger partial charge in [0.25, 0.3) is 8.53 Å². The maximum atomic E-state index is 9.20. The van der Waals surface area contributed by atoms with Crippen LogP contribution in [0.1, 0.15) is 97.9 Å². The van der Waals surface area contributed by atoms with Gasteiger partial charge in [0.1, 0.15) is 29.8 Å². The minimum absolute atomic E-state index is 0.208. The molecule has 3 aromatic rings. The van der Waals surface area contributed by atoms with Crippen molar-refractivity contribution in [1.29, 1.82) is 5.26 Å². The molecule has 61 heavy (non-hydrogen) atoms. The van der Waals surface area contributed by atoms with Crippen molar-refractivity contribution >= 4 is 77.3 Å². The Kier molecular flexibility index (Phi) is 15.8. The van der Waals surface area contributed by atoms with Crippen molar-refractivity contribution < 1.29 is 42.7 Å². The molecular formula is C44H54Cl5N4O7P+2. The second kappa shape index (κ2) is 19.4. The molecule has 330 valence electrons. The highest BCUT2D eigenvalue weighted by Gasteiger charge is 2.40. The molecule has 11 nitrogen and oxygen atoms in total. The van der Waals surface area contributed by atoms with Gasteiger partial charge in [-0.3, -0.25) is 4.48 Å². The van der Waals surface area contributed by atoms with E-state index >= 15 is 0 Å². The Morgan fingerprint density at radius 3 is 2.13 bits per heavy atom. The average molecular weight is 959 g/mol. The Balaban J connectivity index is 0.00000133. The van der Waals surface area contributed by atoms with E-state index in [-0.39, 0.29) is 27.7 Å². The number of nitriles is 1. The zero-order valence-electron chi connectivity index (χ0n) is 36.3. The average Bonchev–Trinajstić information content (AvgIpc) is 3.15. The van der Waals surface area contributed by atoms with Crippen molar-refractivity contribution in [3.8, 4) is 17.6 Å². The molecule has 1 N–H and O–H groups in total. The summed E-state index contributed by atoms with van der Waals surface area (Å²) in [6, 6.07) is 13.5. The number of ether oxygens (including phenoxy) is 1. The van der Waals surface area contributed by atoms with Crippen LogP contribution in [0.5, 0.6) is 11.5 Å². The molecule has 0 bridgehead atoms. The summed E-state index contributed by atoms with van der Waals surface area (Å²) in [5.41, 5.74) is 7.95. The molecule has 0 amide bonds. The highest BCUT2D eigenvalue weighted by molar-refractivity contribution is 7.44. The van der Waals surface area contributed by atoms with Crippen molar-refractivity contribution in [2.24, 2.45) is 0 Å². The maximum absolute atomic E-state index is 9.20. The molecule has 0 aromatic heterocycles. The third kappa shape index (κ3) is 10.5. The molecular weight excluding hydrogens is 905 g/mol. The Morgan fingerprint density at radius 1 is 0.918 bits per heavy atom. The molecule has 3 unspecified atom stereocenters. The number of benzene rings is 3. The second-order valence-corrected chi connectivity index (χ2v) is 20.4. The molecule has 3 heterocycles. The van der Waals surface area contributed by atoms with Crippen LogP contribution < -0.4 is 38.3 Å². The van der Waals surface area contributed by atoms with Gasteiger partial charge < -0.3 is 13.8 Å². The molecule has 3 aliphatic heterocycles. The summed E-state index contributed by atoms with van der Waals surface area (Å²) < 4.78 is 57.9. The summed E-state index contributed by atoms with van der Waals surface area (Å²) in [4.78, 5) is 0. The van der Waals surface area contributed by atoms with Crippen LogP contribution in [0, 0.1) is 21.6 Å². The molecule has 3 aliphatic rings. The van der Waals surface area contributed by atoms with E-state index in [1.54, 1.807) is 0 Å². The van der Waals surface area contributed by atoms with Gasteiger partial charge in [-0.05, 0) is 96.9 Å². The predicted molar refractivity (Wildman–Crippen MR) is 239 cm³/mol. The Labute approximate surface area is 382 Å². The topological polar surface area (TPSA) is 147 Å². The van der Waals surface area contributed by atoms with Gasteiger partial charge in [0, 0.05) is 65.0 Å². The molecule has 0 saturated heterocycles. The van der Waals surface area contributed by atoms with Crippen molar-refractivity contribution in [1.82, 2.24) is 13.7 Å². The lowest BCUT2D eigenvalue weighted by molar-refractivity contribution is -1.92. The summed E-state index contributed by atoms with van der Waals surface area (Å²) in [5, 5.41) is 12.2. The van der Waals surface area contributed by atoms with Crippen LogP contribution in [0.2, 0.25) is 20.1 Å². The lowest BCUT2D eigenvalue weighted by Gasteiger charge is -2.42. The van der Waals surface area contributed by atoms with E-state index in [4.69, 9.17) is 78.8 Å². The number of likely N-dealkylation sites (N-methyl/N-ethyl adjacent to an activating group) is 1. The third-order valence-electron chi connectivity index (χ3n) is 11.5. The molecule has 3 atom stereocenters.